The average Bonchev–Trinajstić information content (AvgIpc) is 2.47. The van der Waals surface area contributed by atoms with Crippen molar-refractivity contribution in [1.29, 1.82) is 0 Å². The zero-order chi connectivity index (χ0) is 14.4. The molecule has 0 radical (unpaired) electrons. The summed E-state index contributed by atoms with van der Waals surface area (Å²) in [6.07, 6.45) is 5.14. The third-order valence-corrected chi connectivity index (χ3v) is 4.26. The van der Waals surface area contributed by atoms with Gasteiger partial charge in [-0.25, -0.2) is 4.79 Å². The van der Waals surface area contributed by atoms with Crippen LogP contribution in [0, 0.1) is 11.8 Å². The smallest absolute Gasteiger partial charge is 0.319 e. The monoisotopic (exact) mass is 275 g/mol. The summed E-state index contributed by atoms with van der Waals surface area (Å²) in [5.41, 5.74) is 7.41. The lowest BCUT2D eigenvalue weighted by Gasteiger charge is -2.28. The number of hydrogen-bond donors (Lipinski definition) is 3. The fraction of sp³-hybridized carbons (Fsp3) is 0.562. The van der Waals surface area contributed by atoms with E-state index in [9.17, 15) is 4.79 Å². The van der Waals surface area contributed by atoms with E-state index >= 15 is 0 Å². The number of nitrogens with two attached hydrogens (primary N) is 1. The van der Waals surface area contributed by atoms with Crippen LogP contribution in [0.25, 0.3) is 0 Å². The van der Waals surface area contributed by atoms with Crippen LogP contribution >= 0.6 is 0 Å². The number of urea groups is 1. The molecule has 2 unspecified atom stereocenters. The molecule has 1 saturated carbocycles. The molecule has 0 aromatic heterocycles. The van der Waals surface area contributed by atoms with E-state index in [2.05, 4.69) is 17.6 Å². The Morgan fingerprint density at radius 1 is 1.25 bits per heavy atom. The van der Waals surface area contributed by atoms with Gasteiger partial charge < -0.3 is 16.4 Å². The number of nitrogens with one attached hydrogen (secondary N) is 2. The van der Waals surface area contributed by atoms with Gasteiger partial charge in [-0.05, 0) is 36.0 Å². The van der Waals surface area contributed by atoms with E-state index in [1.54, 1.807) is 0 Å². The van der Waals surface area contributed by atoms with Gasteiger partial charge in [-0.1, -0.05) is 38.3 Å². The fourth-order valence-corrected chi connectivity index (χ4v) is 2.82. The van der Waals surface area contributed by atoms with Crippen LogP contribution in [0.1, 0.15) is 38.2 Å². The normalized spacial score (nSPS) is 22.3. The Hall–Kier alpha value is -1.55. The second kappa shape index (κ2) is 7.29. The third kappa shape index (κ3) is 4.23. The molecule has 1 fully saturated rings. The molecule has 4 N–H and O–H groups in total. The molecule has 2 atom stereocenters. The highest BCUT2D eigenvalue weighted by Gasteiger charge is 2.21. The van der Waals surface area contributed by atoms with Crippen molar-refractivity contribution < 1.29 is 4.79 Å². The summed E-state index contributed by atoms with van der Waals surface area (Å²) in [7, 11) is 0. The maximum atomic E-state index is 11.9. The minimum absolute atomic E-state index is 0.122. The van der Waals surface area contributed by atoms with E-state index in [0.29, 0.717) is 18.4 Å². The predicted molar refractivity (Wildman–Crippen MR) is 82.5 cm³/mol. The highest BCUT2D eigenvalue weighted by Crippen LogP contribution is 2.28. The highest BCUT2D eigenvalue weighted by atomic mass is 16.2. The lowest BCUT2D eigenvalue weighted by atomic mass is 9.80. The van der Waals surface area contributed by atoms with E-state index in [0.717, 1.165) is 17.8 Å². The summed E-state index contributed by atoms with van der Waals surface area (Å²) < 4.78 is 0. The first-order valence-electron chi connectivity index (χ1n) is 7.53. The van der Waals surface area contributed by atoms with Gasteiger partial charge in [0.25, 0.3) is 0 Å². The van der Waals surface area contributed by atoms with Crippen molar-refractivity contribution in [1.82, 2.24) is 5.32 Å². The molecule has 4 nitrogen and oxygen atoms in total. The second-order valence-electron chi connectivity index (χ2n) is 5.76. The van der Waals surface area contributed by atoms with E-state index in [1.807, 2.05) is 24.3 Å². The van der Waals surface area contributed by atoms with Gasteiger partial charge in [0.1, 0.15) is 0 Å². The number of amides is 2. The number of anilines is 1. The van der Waals surface area contributed by atoms with Gasteiger partial charge in [-0.15, -0.1) is 0 Å². The Morgan fingerprint density at radius 2 is 1.95 bits per heavy atom. The zero-order valence-corrected chi connectivity index (χ0v) is 12.2. The molecule has 110 valence electrons. The van der Waals surface area contributed by atoms with Crippen molar-refractivity contribution in [3.63, 3.8) is 0 Å². The second-order valence-corrected chi connectivity index (χ2v) is 5.76. The molecule has 4 heteroatoms. The molecule has 0 heterocycles. The minimum Gasteiger partial charge on any atom is -0.338 e. The van der Waals surface area contributed by atoms with Crippen LogP contribution < -0.4 is 16.4 Å². The molecule has 0 bridgehead atoms. The molecule has 20 heavy (non-hydrogen) atoms. The number of carbonyl (C=O) groups excluding carboxylic acids is 1. The van der Waals surface area contributed by atoms with Crippen LogP contribution in [-0.2, 0) is 6.54 Å². The summed E-state index contributed by atoms with van der Waals surface area (Å²) in [5.74, 6) is 1.34. The molecule has 1 aromatic rings. The molecule has 0 saturated heterocycles. The molecule has 1 aromatic carbocycles. The SMILES string of the molecule is CC1CCCCC1CNC(=O)Nc1ccc(CN)cc1. The molecule has 2 rings (SSSR count). The maximum Gasteiger partial charge on any atom is 0.319 e. The summed E-state index contributed by atoms with van der Waals surface area (Å²) in [5, 5.41) is 5.84. The lowest BCUT2D eigenvalue weighted by Crippen LogP contribution is -2.36. The zero-order valence-electron chi connectivity index (χ0n) is 12.2. The molecule has 0 aliphatic heterocycles. The molecule has 1 aliphatic carbocycles. The van der Waals surface area contributed by atoms with Gasteiger partial charge in [0, 0.05) is 18.8 Å². The molecule has 2 amide bonds. The van der Waals surface area contributed by atoms with Crippen molar-refractivity contribution >= 4 is 11.7 Å². The van der Waals surface area contributed by atoms with Crippen LogP contribution in [-0.4, -0.2) is 12.6 Å². The van der Waals surface area contributed by atoms with E-state index in [1.165, 1.54) is 25.7 Å². The minimum atomic E-state index is -0.122. The van der Waals surface area contributed by atoms with Crippen molar-refractivity contribution in [2.24, 2.45) is 17.6 Å². The molecular weight excluding hydrogens is 250 g/mol. The summed E-state index contributed by atoms with van der Waals surface area (Å²) in [4.78, 5) is 11.9. The Kier molecular flexibility index (Phi) is 5.41. The first kappa shape index (κ1) is 14.9. The number of carbonyl (C=O) groups is 1. The Labute approximate surface area is 121 Å². The van der Waals surface area contributed by atoms with E-state index in [-0.39, 0.29) is 6.03 Å². The number of benzene rings is 1. The molecular formula is C16H25N3O. The first-order valence-corrected chi connectivity index (χ1v) is 7.53. The largest absolute Gasteiger partial charge is 0.338 e. The standard InChI is InChI=1S/C16H25N3O/c1-12-4-2-3-5-14(12)11-18-16(20)19-15-8-6-13(10-17)7-9-15/h6-9,12,14H,2-5,10-11,17H2,1H3,(H2,18,19,20). The van der Waals surface area contributed by atoms with Crippen molar-refractivity contribution in [3.05, 3.63) is 29.8 Å². The molecule has 0 spiro atoms. The quantitative estimate of drug-likeness (QED) is 0.790. The van der Waals surface area contributed by atoms with E-state index in [4.69, 9.17) is 5.73 Å². The predicted octanol–water partition coefficient (Wildman–Crippen LogP) is 3.09. The van der Waals surface area contributed by atoms with E-state index < -0.39 is 0 Å². The van der Waals surface area contributed by atoms with Crippen LogP contribution in [0.2, 0.25) is 0 Å². The Bertz CT molecular complexity index is 430. The Balaban J connectivity index is 1.76. The summed E-state index contributed by atoms with van der Waals surface area (Å²) >= 11 is 0. The highest BCUT2D eigenvalue weighted by molar-refractivity contribution is 5.89. The summed E-state index contributed by atoms with van der Waals surface area (Å²) in [6.45, 7) is 3.58. The van der Waals surface area contributed by atoms with Gasteiger partial charge in [-0.3, -0.25) is 0 Å². The Morgan fingerprint density at radius 3 is 2.60 bits per heavy atom. The van der Waals surface area contributed by atoms with Gasteiger partial charge in [-0.2, -0.15) is 0 Å². The van der Waals surface area contributed by atoms with Gasteiger partial charge >= 0.3 is 6.03 Å². The average molecular weight is 275 g/mol. The van der Waals surface area contributed by atoms with Crippen LogP contribution in [0.5, 0.6) is 0 Å². The van der Waals surface area contributed by atoms with Crippen molar-refractivity contribution in [3.8, 4) is 0 Å². The van der Waals surface area contributed by atoms with Crippen molar-refractivity contribution in [2.75, 3.05) is 11.9 Å². The number of rotatable bonds is 4. The summed E-state index contributed by atoms with van der Waals surface area (Å²) in [6, 6.07) is 7.50. The van der Waals surface area contributed by atoms with Gasteiger partial charge in [0.05, 0.1) is 0 Å². The van der Waals surface area contributed by atoms with Crippen LogP contribution in [0.4, 0.5) is 10.5 Å². The van der Waals surface area contributed by atoms with Crippen LogP contribution in [0.3, 0.4) is 0 Å². The molecule has 1 aliphatic rings. The van der Waals surface area contributed by atoms with Gasteiger partial charge in [0.2, 0.25) is 0 Å². The van der Waals surface area contributed by atoms with Gasteiger partial charge in [0.15, 0.2) is 0 Å². The first-order chi connectivity index (χ1) is 9.69. The lowest BCUT2D eigenvalue weighted by molar-refractivity contribution is 0.231. The maximum absolute atomic E-state index is 11.9. The van der Waals surface area contributed by atoms with Crippen LogP contribution in [0.15, 0.2) is 24.3 Å². The van der Waals surface area contributed by atoms with Crippen molar-refractivity contribution in [2.45, 2.75) is 39.2 Å². The number of hydrogen-bond acceptors (Lipinski definition) is 2. The fourth-order valence-electron chi connectivity index (χ4n) is 2.82. The topological polar surface area (TPSA) is 67.2 Å². The third-order valence-electron chi connectivity index (χ3n) is 4.26.